The first-order chi connectivity index (χ1) is 16.5. The molecule has 5 rings (SSSR count). The van der Waals surface area contributed by atoms with Crippen LogP contribution in [0.1, 0.15) is 18.4 Å². The standard InChI is InChI=1S/C27H24FN3O3/c1-34-23-14-12-22(13-15-23)31-26(32)24(18-4-6-19(28)7-5-18)25(27(31)33)29-20-8-10-21(11-9-20)30-16-2-3-17-30/h4-15,29H,2-3,16-17H2,1H3. The highest BCUT2D eigenvalue weighted by molar-refractivity contribution is 6.46. The summed E-state index contributed by atoms with van der Waals surface area (Å²) < 4.78 is 18.7. The first-order valence-corrected chi connectivity index (χ1v) is 11.2. The molecule has 3 aromatic rings. The second kappa shape index (κ2) is 9.02. The van der Waals surface area contributed by atoms with Crippen molar-refractivity contribution < 1.29 is 18.7 Å². The molecule has 2 aliphatic rings. The molecule has 0 aliphatic carbocycles. The van der Waals surface area contributed by atoms with Gasteiger partial charge in [0.15, 0.2) is 0 Å². The fraction of sp³-hybridized carbons (Fsp3) is 0.185. The average Bonchev–Trinajstić information content (AvgIpc) is 3.48. The molecule has 6 nitrogen and oxygen atoms in total. The Morgan fingerprint density at radius 1 is 0.794 bits per heavy atom. The molecule has 1 saturated heterocycles. The van der Waals surface area contributed by atoms with Gasteiger partial charge >= 0.3 is 0 Å². The van der Waals surface area contributed by atoms with Crippen LogP contribution in [0.2, 0.25) is 0 Å². The number of amides is 2. The van der Waals surface area contributed by atoms with E-state index in [1.165, 1.54) is 37.1 Å². The number of imide groups is 1. The zero-order chi connectivity index (χ0) is 23.7. The number of hydrogen-bond donors (Lipinski definition) is 1. The van der Waals surface area contributed by atoms with Crippen LogP contribution in [0.15, 0.2) is 78.5 Å². The van der Waals surface area contributed by atoms with Gasteiger partial charge in [0.1, 0.15) is 17.3 Å². The van der Waals surface area contributed by atoms with Crippen LogP contribution in [0.4, 0.5) is 21.5 Å². The summed E-state index contributed by atoms with van der Waals surface area (Å²) in [7, 11) is 1.55. The van der Waals surface area contributed by atoms with E-state index in [1.807, 2.05) is 24.3 Å². The topological polar surface area (TPSA) is 61.9 Å². The van der Waals surface area contributed by atoms with E-state index >= 15 is 0 Å². The van der Waals surface area contributed by atoms with E-state index in [9.17, 15) is 14.0 Å². The van der Waals surface area contributed by atoms with Gasteiger partial charge in [0.05, 0.1) is 18.4 Å². The van der Waals surface area contributed by atoms with Gasteiger partial charge in [0.25, 0.3) is 11.8 Å². The van der Waals surface area contributed by atoms with E-state index in [0.29, 0.717) is 22.7 Å². The molecular weight excluding hydrogens is 433 g/mol. The largest absolute Gasteiger partial charge is 0.497 e. The van der Waals surface area contributed by atoms with Gasteiger partial charge in [-0.1, -0.05) is 12.1 Å². The third-order valence-corrected chi connectivity index (χ3v) is 6.16. The van der Waals surface area contributed by atoms with Gasteiger partial charge in [-0.05, 0) is 79.1 Å². The first-order valence-electron chi connectivity index (χ1n) is 11.2. The molecule has 2 aliphatic heterocycles. The summed E-state index contributed by atoms with van der Waals surface area (Å²) in [4.78, 5) is 30.4. The van der Waals surface area contributed by atoms with Crippen LogP contribution < -0.4 is 19.9 Å². The quantitative estimate of drug-likeness (QED) is 0.537. The number of carbonyl (C=O) groups is 2. The van der Waals surface area contributed by atoms with Gasteiger partial charge in [0, 0.05) is 24.5 Å². The molecule has 0 bridgehead atoms. The molecule has 3 aromatic carbocycles. The molecule has 7 heteroatoms. The Morgan fingerprint density at radius 3 is 2.03 bits per heavy atom. The summed E-state index contributed by atoms with van der Waals surface area (Å²) in [6.07, 6.45) is 2.37. The Labute approximate surface area is 197 Å². The maximum absolute atomic E-state index is 13.6. The molecule has 2 amide bonds. The van der Waals surface area contributed by atoms with Gasteiger partial charge in [-0.2, -0.15) is 0 Å². The zero-order valence-electron chi connectivity index (χ0n) is 18.8. The van der Waals surface area contributed by atoms with Crippen LogP contribution in [0, 0.1) is 5.82 Å². The summed E-state index contributed by atoms with van der Waals surface area (Å²) in [5, 5.41) is 3.15. The van der Waals surface area contributed by atoms with E-state index in [4.69, 9.17) is 4.74 Å². The number of benzene rings is 3. The van der Waals surface area contributed by atoms with Crippen LogP contribution in [0.5, 0.6) is 5.75 Å². The number of nitrogens with zero attached hydrogens (tertiary/aromatic N) is 2. The molecule has 0 atom stereocenters. The van der Waals surface area contributed by atoms with Crippen molar-refractivity contribution in [2.24, 2.45) is 0 Å². The number of ether oxygens (including phenoxy) is 1. The molecular formula is C27H24FN3O3. The number of anilines is 3. The van der Waals surface area contributed by atoms with Crippen LogP contribution in [0.25, 0.3) is 5.57 Å². The van der Waals surface area contributed by atoms with Crippen LogP contribution in [0.3, 0.4) is 0 Å². The fourth-order valence-corrected chi connectivity index (χ4v) is 4.37. The van der Waals surface area contributed by atoms with E-state index < -0.39 is 17.6 Å². The highest BCUT2D eigenvalue weighted by Gasteiger charge is 2.40. The molecule has 1 fully saturated rings. The maximum Gasteiger partial charge on any atom is 0.282 e. The van der Waals surface area contributed by atoms with E-state index in [0.717, 1.165) is 23.7 Å². The van der Waals surface area contributed by atoms with Crippen molar-refractivity contribution in [3.63, 3.8) is 0 Å². The second-order valence-electron chi connectivity index (χ2n) is 8.27. The predicted octanol–water partition coefficient (Wildman–Crippen LogP) is 4.83. The first kappa shape index (κ1) is 21.7. The van der Waals surface area contributed by atoms with Crippen molar-refractivity contribution in [2.45, 2.75) is 12.8 Å². The number of halogens is 1. The minimum atomic E-state index is -0.474. The lowest BCUT2D eigenvalue weighted by atomic mass is 10.0. The summed E-state index contributed by atoms with van der Waals surface area (Å²) in [6, 6.07) is 20.1. The summed E-state index contributed by atoms with van der Waals surface area (Å²) in [5.74, 6) is -0.748. The molecule has 0 spiro atoms. The minimum Gasteiger partial charge on any atom is -0.497 e. The van der Waals surface area contributed by atoms with Crippen LogP contribution in [-0.2, 0) is 9.59 Å². The van der Waals surface area contributed by atoms with E-state index in [1.54, 1.807) is 31.4 Å². The van der Waals surface area contributed by atoms with Crippen molar-refractivity contribution in [3.8, 4) is 5.75 Å². The zero-order valence-corrected chi connectivity index (χ0v) is 18.8. The lowest BCUT2D eigenvalue weighted by molar-refractivity contribution is -0.120. The van der Waals surface area contributed by atoms with Crippen molar-refractivity contribution in [3.05, 3.63) is 89.9 Å². The summed E-state index contributed by atoms with van der Waals surface area (Å²) in [5.41, 5.74) is 3.06. The third kappa shape index (κ3) is 4.01. The van der Waals surface area contributed by atoms with Gasteiger partial charge in [-0.25, -0.2) is 9.29 Å². The highest BCUT2D eigenvalue weighted by atomic mass is 19.1. The van der Waals surface area contributed by atoms with Crippen molar-refractivity contribution in [2.75, 3.05) is 35.3 Å². The lowest BCUT2D eigenvalue weighted by Crippen LogP contribution is -2.32. The molecule has 172 valence electrons. The molecule has 0 radical (unpaired) electrons. The number of rotatable bonds is 6. The van der Waals surface area contributed by atoms with Crippen molar-refractivity contribution in [1.82, 2.24) is 0 Å². The van der Waals surface area contributed by atoms with Crippen LogP contribution >= 0.6 is 0 Å². The third-order valence-electron chi connectivity index (χ3n) is 6.16. The Morgan fingerprint density at radius 2 is 1.41 bits per heavy atom. The molecule has 2 heterocycles. The van der Waals surface area contributed by atoms with Crippen molar-refractivity contribution in [1.29, 1.82) is 0 Å². The van der Waals surface area contributed by atoms with Gasteiger partial charge in [0.2, 0.25) is 0 Å². The van der Waals surface area contributed by atoms with Crippen LogP contribution in [-0.4, -0.2) is 32.0 Å². The molecule has 1 N–H and O–H groups in total. The van der Waals surface area contributed by atoms with E-state index in [-0.39, 0.29) is 11.3 Å². The SMILES string of the molecule is COc1ccc(N2C(=O)C(Nc3ccc(N4CCCC4)cc3)=C(c3ccc(F)cc3)C2=O)cc1. The Bertz CT molecular complexity index is 1250. The fourth-order valence-electron chi connectivity index (χ4n) is 4.37. The normalized spacial score (nSPS) is 15.9. The van der Waals surface area contributed by atoms with Gasteiger partial charge in [-0.15, -0.1) is 0 Å². The predicted molar refractivity (Wildman–Crippen MR) is 130 cm³/mol. The molecule has 0 unspecified atom stereocenters. The number of nitrogens with one attached hydrogen (secondary N) is 1. The number of methoxy groups -OCH3 is 1. The molecule has 0 saturated carbocycles. The maximum atomic E-state index is 13.6. The molecule has 0 aromatic heterocycles. The second-order valence-corrected chi connectivity index (χ2v) is 8.27. The molecule has 34 heavy (non-hydrogen) atoms. The summed E-state index contributed by atoms with van der Waals surface area (Å²) >= 11 is 0. The summed E-state index contributed by atoms with van der Waals surface area (Å²) in [6.45, 7) is 2.08. The Kier molecular flexibility index (Phi) is 5.76. The van der Waals surface area contributed by atoms with E-state index in [2.05, 4.69) is 10.2 Å². The highest BCUT2D eigenvalue weighted by Crippen LogP contribution is 2.35. The van der Waals surface area contributed by atoms with Gasteiger partial charge in [-0.3, -0.25) is 9.59 Å². The Hall–Kier alpha value is -4.13. The van der Waals surface area contributed by atoms with Gasteiger partial charge < -0.3 is 15.0 Å². The minimum absolute atomic E-state index is 0.154. The number of carbonyl (C=O) groups excluding carboxylic acids is 2. The Balaban J connectivity index is 1.50. The smallest absolute Gasteiger partial charge is 0.282 e. The monoisotopic (exact) mass is 457 g/mol. The lowest BCUT2D eigenvalue weighted by Gasteiger charge is -2.18. The number of hydrogen-bond acceptors (Lipinski definition) is 5. The average molecular weight is 458 g/mol. The van der Waals surface area contributed by atoms with Crippen molar-refractivity contribution >= 4 is 34.4 Å².